The summed E-state index contributed by atoms with van der Waals surface area (Å²) in [5, 5.41) is 2.77. The molecule has 6 nitrogen and oxygen atoms in total. The van der Waals surface area contributed by atoms with Gasteiger partial charge in [-0.3, -0.25) is 9.69 Å². The molecule has 2 aromatic carbocycles. The lowest BCUT2D eigenvalue weighted by Gasteiger charge is -2.24. The van der Waals surface area contributed by atoms with Gasteiger partial charge in [-0.25, -0.2) is 17.5 Å². The van der Waals surface area contributed by atoms with Crippen LogP contribution in [0.1, 0.15) is 26.3 Å². The van der Waals surface area contributed by atoms with E-state index in [0.717, 1.165) is 5.56 Å². The van der Waals surface area contributed by atoms with E-state index in [1.807, 2.05) is 0 Å². The Kier molecular flexibility index (Phi) is 7.29. The second kappa shape index (κ2) is 9.27. The van der Waals surface area contributed by atoms with Gasteiger partial charge in [-0.05, 0) is 69.8 Å². The summed E-state index contributed by atoms with van der Waals surface area (Å²) < 4.78 is 40.1. The first-order chi connectivity index (χ1) is 13.1. The maximum absolute atomic E-state index is 13.3. The number of anilines is 1. The second-order valence-corrected chi connectivity index (χ2v) is 8.72. The Morgan fingerprint density at radius 2 is 1.75 bits per heavy atom. The van der Waals surface area contributed by atoms with Crippen LogP contribution in [0.3, 0.4) is 0 Å². The van der Waals surface area contributed by atoms with Crippen molar-refractivity contribution in [3.63, 3.8) is 0 Å². The molecule has 152 valence electrons. The van der Waals surface area contributed by atoms with Crippen molar-refractivity contribution < 1.29 is 17.6 Å². The third-order valence-corrected chi connectivity index (χ3v) is 5.86. The quantitative estimate of drug-likeness (QED) is 0.705. The summed E-state index contributed by atoms with van der Waals surface area (Å²) in [5.41, 5.74) is 1.27. The third kappa shape index (κ3) is 6.12. The van der Waals surface area contributed by atoms with E-state index < -0.39 is 16.1 Å². The number of hydrogen-bond acceptors (Lipinski definition) is 4. The van der Waals surface area contributed by atoms with Gasteiger partial charge in [-0.2, -0.15) is 0 Å². The molecule has 8 heteroatoms. The molecule has 0 radical (unpaired) electrons. The standard InChI is InChI=1S/C20H26FN3O3S/c1-14(2)23-28(26,27)19-10-8-18(9-11-19)22-20(25)15(3)24(4)13-16-6-5-7-17(21)12-16/h5-12,14-15,23H,13H2,1-4H3,(H,22,25)/t15-/m0/s1. The highest BCUT2D eigenvalue weighted by Crippen LogP contribution is 2.16. The molecule has 0 aromatic heterocycles. The number of nitrogens with zero attached hydrogens (tertiary/aromatic N) is 1. The summed E-state index contributed by atoms with van der Waals surface area (Å²) in [6, 6.07) is 11.6. The highest BCUT2D eigenvalue weighted by atomic mass is 32.2. The third-order valence-electron chi connectivity index (χ3n) is 4.18. The number of nitrogens with one attached hydrogen (secondary N) is 2. The zero-order valence-corrected chi connectivity index (χ0v) is 17.3. The molecule has 0 fully saturated rings. The first-order valence-electron chi connectivity index (χ1n) is 8.96. The van der Waals surface area contributed by atoms with Crippen LogP contribution < -0.4 is 10.0 Å². The van der Waals surface area contributed by atoms with Crippen LogP contribution in [0.4, 0.5) is 10.1 Å². The Morgan fingerprint density at radius 3 is 2.32 bits per heavy atom. The van der Waals surface area contributed by atoms with Crippen molar-refractivity contribution in [3.8, 4) is 0 Å². The van der Waals surface area contributed by atoms with Crippen LogP contribution in [-0.4, -0.2) is 38.4 Å². The maximum atomic E-state index is 13.3. The molecule has 28 heavy (non-hydrogen) atoms. The normalized spacial score (nSPS) is 13.0. The van der Waals surface area contributed by atoms with E-state index in [4.69, 9.17) is 0 Å². The summed E-state index contributed by atoms with van der Waals surface area (Å²) in [5.74, 6) is -0.556. The summed E-state index contributed by atoms with van der Waals surface area (Å²) in [4.78, 5) is 14.4. The molecule has 0 aliphatic carbocycles. The van der Waals surface area contributed by atoms with Crippen LogP contribution in [0, 0.1) is 5.82 Å². The number of carbonyl (C=O) groups is 1. The number of benzene rings is 2. The molecular formula is C20H26FN3O3S. The number of halogens is 1. The lowest BCUT2D eigenvalue weighted by atomic mass is 10.2. The van der Waals surface area contributed by atoms with Crippen molar-refractivity contribution in [1.29, 1.82) is 0 Å². The highest BCUT2D eigenvalue weighted by molar-refractivity contribution is 7.89. The van der Waals surface area contributed by atoms with Crippen LogP contribution >= 0.6 is 0 Å². The first kappa shape index (κ1) is 22.0. The van der Waals surface area contributed by atoms with Gasteiger partial charge in [-0.15, -0.1) is 0 Å². The van der Waals surface area contributed by atoms with Crippen molar-refractivity contribution >= 4 is 21.6 Å². The van der Waals surface area contributed by atoms with Gasteiger partial charge in [0.05, 0.1) is 10.9 Å². The molecule has 0 aliphatic rings. The van der Waals surface area contributed by atoms with E-state index in [-0.39, 0.29) is 22.7 Å². The first-order valence-corrected chi connectivity index (χ1v) is 10.4. The van der Waals surface area contributed by atoms with Gasteiger partial charge in [0, 0.05) is 18.3 Å². The number of likely N-dealkylation sites (N-methyl/N-ethyl adjacent to an activating group) is 1. The van der Waals surface area contributed by atoms with E-state index in [0.29, 0.717) is 12.2 Å². The SMILES string of the molecule is CC(C)NS(=O)(=O)c1ccc(NC(=O)[C@H](C)N(C)Cc2cccc(F)c2)cc1. The fourth-order valence-corrected chi connectivity index (χ4v) is 3.85. The van der Waals surface area contributed by atoms with Crippen molar-refractivity contribution in [1.82, 2.24) is 9.62 Å². The number of amides is 1. The van der Waals surface area contributed by atoms with Gasteiger partial charge in [-0.1, -0.05) is 12.1 Å². The van der Waals surface area contributed by atoms with Crippen LogP contribution in [-0.2, 0) is 21.4 Å². The minimum absolute atomic E-state index is 0.135. The molecule has 0 saturated heterocycles. The minimum Gasteiger partial charge on any atom is -0.325 e. The molecule has 0 bridgehead atoms. The van der Waals surface area contributed by atoms with Crippen LogP contribution in [0.2, 0.25) is 0 Å². The van der Waals surface area contributed by atoms with E-state index >= 15 is 0 Å². The van der Waals surface area contributed by atoms with Gasteiger partial charge in [0.1, 0.15) is 5.82 Å². The minimum atomic E-state index is -3.57. The summed E-state index contributed by atoms with van der Waals surface area (Å²) >= 11 is 0. The predicted molar refractivity (Wildman–Crippen MR) is 108 cm³/mol. The number of rotatable bonds is 8. The van der Waals surface area contributed by atoms with E-state index in [1.165, 1.54) is 24.3 Å². The molecule has 2 aromatic rings. The Hall–Kier alpha value is -2.29. The lowest BCUT2D eigenvalue weighted by molar-refractivity contribution is -0.120. The monoisotopic (exact) mass is 407 g/mol. The molecule has 0 spiro atoms. The van der Waals surface area contributed by atoms with Crippen molar-refractivity contribution in [2.75, 3.05) is 12.4 Å². The van der Waals surface area contributed by atoms with Gasteiger partial charge >= 0.3 is 0 Å². The molecule has 0 unspecified atom stereocenters. The zero-order chi connectivity index (χ0) is 20.9. The Morgan fingerprint density at radius 1 is 1.11 bits per heavy atom. The molecular weight excluding hydrogens is 381 g/mol. The fourth-order valence-electron chi connectivity index (χ4n) is 2.60. The largest absolute Gasteiger partial charge is 0.325 e. The Bertz CT molecular complexity index is 915. The summed E-state index contributed by atoms with van der Waals surface area (Å²) in [6.07, 6.45) is 0. The predicted octanol–water partition coefficient (Wildman–Crippen LogP) is 2.97. The molecule has 1 atom stereocenters. The summed E-state index contributed by atoms with van der Waals surface area (Å²) in [6.45, 7) is 5.66. The van der Waals surface area contributed by atoms with Crippen molar-refractivity contribution in [2.45, 2.75) is 44.3 Å². The Balaban J connectivity index is 1.99. The molecule has 2 rings (SSSR count). The number of carbonyl (C=O) groups excluding carboxylic acids is 1. The average Bonchev–Trinajstić information content (AvgIpc) is 2.60. The second-order valence-electron chi connectivity index (χ2n) is 7.01. The van der Waals surface area contributed by atoms with Gasteiger partial charge in [0.15, 0.2) is 0 Å². The topological polar surface area (TPSA) is 78.5 Å². The van der Waals surface area contributed by atoms with E-state index in [1.54, 1.807) is 57.0 Å². The van der Waals surface area contributed by atoms with Gasteiger partial charge < -0.3 is 5.32 Å². The molecule has 0 aliphatic heterocycles. The smallest absolute Gasteiger partial charge is 0.241 e. The fraction of sp³-hybridized carbons (Fsp3) is 0.350. The summed E-state index contributed by atoms with van der Waals surface area (Å²) in [7, 11) is -1.79. The van der Waals surface area contributed by atoms with E-state index in [2.05, 4.69) is 10.0 Å². The van der Waals surface area contributed by atoms with Crippen LogP contribution in [0.25, 0.3) is 0 Å². The van der Waals surface area contributed by atoms with E-state index in [9.17, 15) is 17.6 Å². The molecule has 0 saturated carbocycles. The number of sulfonamides is 1. The zero-order valence-electron chi connectivity index (χ0n) is 16.4. The highest BCUT2D eigenvalue weighted by Gasteiger charge is 2.19. The molecule has 0 heterocycles. The van der Waals surface area contributed by atoms with Gasteiger partial charge in [0.25, 0.3) is 0 Å². The van der Waals surface area contributed by atoms with Crippen LogP contribution in [0.5, 0.6) is 0 Å². The maximum Gasteiger partial charge on any atom is 0.241 e. The van der Waals surface area contributed by atoms with Crippen LogP contribution in [0.15, 0.2) is 53.4 Å². The number of hydrogen-bond donors (Lipinski definition) is 2. The lowest BCUT2D eigenvalue weighted by Crippen LogP contribution is -2.39. The van der Waals surface area contributed by atoms with Crippen molar-refractivity contribution in [3.05, 3.63) is 59.9 Å². The van der Waals surface area contributed by atoms with Gasteiger partial charge in [0.2, 0.25) is 15.9 Å². The molecule has 2 N–H and O–H groups in total. The average molecular weight is 408 g/mol. The Labute approximate surface area is 165 Å². The molecule has 1 amide bonds. The van der Waals surface area contributed by atoms with Crippen molar-refractivity contribution in [2.24, 2.45) is 0 Å².